The molecule has 0 saturated carbocycles. The van der Waals surface area contributed by atoms with Crippen LogP contribution in [0.25, 0.3) is 44.1 Å². The number of benzene rings is 3. The van der Waals surface area contributed by atoms with Gasteiger partial charge in [-0.25, -0.2) is 24.9 Å². The molecule has 406 valence electrons. The molecule has 11 rings (SSSR count). The number of H-pyrrole nitrogens is 2. The molecule has 1 saturated heterocycles. The molecule has 3 aliphatic rings. The summed E-state index contributed by atoms with van der Waals surface area (Å²) in [5.41, 5.74) is 14.0. The zero-order chi connectivity index (χ0) is 56.3. The van der Waals surface area contributed by atoms with Crippen molar-refractivity contribution in [2.75, 3.05) is 23.7 Å². The summed E-state index contributed by atoms with van der Waals surface area (Å²) in [7, 11) is -0.441. The normalized spacial score (nSPS) is 15.5. The number of nitrogens with two attached hydrogens (primary N) is 1. The van der Waals surface area contributed by atoms with Crippen LogP contribution in [0, 0.1) is 0 Å². The van der Waals surface area contributed by atoms with E-state index in [1.807, 2.05) is 128 Å². The Bertz CT molecular complexity index is 3400. The number of hydrogen-bond acceptors (Lipinski definition) is 13. The van der Waals surface area contributed by atoms with Crippen LogP contribution in [-0.2, 0) is 22.2 Å². The second-order valence-corrected chi connectivity index (χ2v) is 25.1. The minimum absolute atomic E-state index is 0. The highest BCUT2D eigenvalue weighted by Crippen LogP contribution is 2.37. The quantitative estimate of drug-likeness (QED) is 0.0813. The molecular weight excluding hydrogens is 1120 g/mol. The van der Waals surface area contributed by atoms with Crippen molar-refractivity contribution in [1.82, 2.24) is 50.5 Å². The van der Waals surface area contributed by atoms with E-state index in [-0.39, 0.29) is 39.6 Å². The maximum atomic E-state index is 12.0. The van der Waals surface area contributed by atoms with Gasteiger partial charge in [0.2, 0.25) is 11.9 Å². The fourth-order valence-electron chi connectivity index (χ4n) is 7.91. The van der Waals surface area contributed by atoms with Crippen LogP contribution in [-0.4, -0.2) is 99.7 Å². The molecule has 1 fully saturated rings. The second kappa shape index (κ2) is 23.5. The molecule has 0 bridgehead atoms. The van der Waals surface area contributed by atoms with Crippen molar-refractivity contribution in [3.05, 3.63) is 122 Å². The van der Waals surface area contributed by atoms with Crippen LogP contribution in [0.3, 0.4) is 0 Å². The molecular formula is C56H69BBr2ClN13O4. The number of nitrogens with zero attached hydrogens (tertiary/aromatic N) is 6. The van der Waals surface area contributed by atoms with E-state index in [9.17, 15) is 9.59 Å². The summed E-state index contributed by atoms with van der Waals surface area (Å²) in [4.78, 5) is 56.6. The number of hydrogen-bond donors (Lipinski definition) is 7. The highest BCUT2D eigenvalue weighted by molar-refractivity contribution is 9.11. The zero-order valence-electron chi connectivity index (χ0n) is 46.0. The lowest BCUT2D eigenvalue weighted by Crippen LogP contribution is -2.41. The molecule has 0 atom stereocenters. The summed E-state index contributed by atoms with van der Waals surface area (Å²) in [5, 5.41) is 14.7. The average Bonchev–Trinajstić information content (AvgIpc) is 4.06. The molecule has 0 aliphatic carbocycles. The Kier molecular flexibility index (Phi) is 17.9. The summed E-state index contributed by atoms with van der Waals surface area (Å²) >= 11 is 12.6. The number of nitrogens with one attached hydrogen (secondary N) is 6. The van der Waals surface area contributed by atoms with E-state index in [0.29, 0.717) is 35.7 Å². The number of para-hydroxylation sites is 3. The van der Waals surface area contributed by atoms with Gasteiger partial charge in [0.1, 0.15) is 10.7 Å². The van der Waals surface area contributed by atoms with Gasteiger partial charge in [-0.1, -0.05) is 48.0 Å². The molecule has 8 heterocycles. The third-order valence-electron chi connectivity index (χ3n) is 12.1. The molecule has 77 heavy (non-hydrogen) atoms. The Hall–Kier alpha value is -6.03. The van der Waals surface area contributed by atoms with Crippen molar-refractivity contribution in [2.24, 2.45) is 5.73 Å². The Morgan fingerprint density at radius 1 is 0.623 bits per heavy atom. The number of aromatic nitrogens is 8. The molecule has 0 radical (unpaired) electrons. The van der Waals surface area contributed by atoms with Gasteiger partial charge in [0.25, 0.3) is 11.8 Å². The number of amides is 2. The Balaban J connectivity index is 0.000000149. The predicted octanol–water partition coefficient (Wildman–Crippen LogP) is 11.1. The SMILES string of the molecule is CC(C)(C)N.CC(C)(C)Nc1ncc2cccc(-c3cc4c([nH]3)CCNC4=O)c2n1.CC(C)(C)Nc1ncc2cccc(Br)c2n1.CC1(C)OB(c2cc3c([nH]2)CCNC3=O)OC1(C)C.Clc1cnc2cccc(Br)c2n1. The molecule has 3 aromatic carbocycles. The van der Waals surface area contributed by atoms with Gasteiger partial charge in [-0.15, -0.1) is 0 Å². The van der Waals surface area contributed by atoms with Crippen LogP contribution >= 0.6 is 43.5 Å². The zero-order valence-corrected chi connectivity index (χ0v) is 49.9. The van der Waals surface area contributed by atoms with Crippen LogP contribution in [0.4, 0.5) is 11.9 Å². The van der Waals surface area contributed by atoms with E-state index in [4.69, 9.17) is 31.6 Å². The third-order valence-corrected chi connectivity index (χ3v) is 13.5. The number of fused-ring (bicyclic) bond motifs is 5. The molecule has 0 spiro atoms. The standard InChI is InChI=1S/C19H21N5O.C13H19BN2O3.C12H14BrN3.C8H4BrClN2.C4H11N/c1-19(2,3)24-18-21-10-11-5-4-6-12(16(11)23-18)15-9-13-14(22-15)7-8-20-17(13)25;1-12(2)13(3,4)19-14(18-12)10-7-8-9(16-10)5-6-15-11(8)17;1-12(2,3)16-11-14-7-8-5-4-6-9(13)10(8)15-11;9-5-2-1-3-6-8(5)12-7(10)4-11-6;1-4(2,3)5/h4-6,9-10,22H,7-8H2,1-3H3,(H,20,25)(H,21,23,24);7,16H,5-6H2,1-4H3,(H,15,17);4-7H,1-3H3,(H,14,15,16);1-4H;5H2,1-3H3. The molecule has 0 unspecified atom stereocenters. The van der Waals surface area contributed by atoms with Crippen LogP contribution in [0.15, 0.2) is 94.3 Å². The molecule has 21 heteroatoms. The minimum Gasteiger partial charge on any atom is -0.398 e. The van der Waals surface area contributed by atoms with Gasteiger partial charge in [0.15, 0.2) is 0 Å². The first-order valence-corrected chi connectivity index (χ1v) is 27.4. The van der Waals surface area contributed by atoms with Gasteiger partial charge in [-0.2, -0.15) is 0 Å². The number of anilines is 2. The monoisotopic (exact) mass is 1190 g/mol. The molecule has 3 aliphatic heterocycles. The Morgan fingerprint density at radius 2 is 1.10 bits per heavy atom. The van der Waals surface area contributed by atoms with E-state index >= 15 is 0 Å². The topological polar surface area (TPSA) is 236 Å². The van der Waals surface area contributed by atoms with Crippen molar-refractivity contribution in [3.8, 4) is 11.3 Å². The number of carbonyl (C=O) groups is 2. The smallest absolute Gasteiger partial charge is 0.398 e. The molecule has 2 amide bonds. The first kappa shape index (κ1) is 58.7. The van der Waals surface area contributed by atoms with Gasteiger partial charge in [0, 0.05) is 103 Å². The third kappa shape index (κ3) is 15.6. The highest BCUT2D eigenvalue weighted by Gasteiger charge is 2.52. The van der Waals surface area contributed by atoms with E-state index in [0.717, 1.165) is 88.4 Å². The lowest BCUT2D eigenvalue weighted by Gasteiger charge is -2.32. The van der Waals surface area contributed by atoms with Crippen LogP contribution in [0.1, 0.15) is 122 Å². The highest BCUT2D eigenvalue weighted by atomic mass is 79.9. The van der Waals surface area contributed by atoms with Crippen molar-refractivity contribution in [2.45, 2.75) is 131 Å². The Labute approximate surface area is 472 Å². The number of rotatable bonds is 4. The van der Waals surface area contributed by atoms with E-state index in [2.05, 4.69) is 130 Å². The minimum atomic E-state index is -0.441. The summed E-state index contributed by atoms with van der Waals surface area (Å²) in [6, 6.07) is 21.4. The summed E-state index contributed by atoms with van der Waals surface area (Å²) in [6.07, 6.45) is 6.84. The van der Waals surface area contributed by atoms with Gasteiger partial charge < -0.3 is 46.3 Å². The number of halogens is 3. The van der Waals surface area contributed by atoms with Crippen molar-refractivity contribution in [3.63, 3.8) is 0 Å². The largest absolute Gasteiger partial charge is 0.512 e. The van der Waals surface area contributed by atoms with Gasteiger partial charge in [0.05, 0.1) is 45.1 Å². The van der Waals surface area contributed by atoms with Gasteiger partial charge in [-0.3, -0.25) is 14.6 Å². The first-order valence-electron chi connectivity index (χ1n) is 25.4. The van der Waals surface area contributed by atoms with Crippen molar-refractivity contribution < 1.29 is 18.9 Å². The summed E-state index contributed by atoms with van der Waals surface area (Å²) in [5.74, 6) is 1.21. The van der Waals surface area contributed by atoms with E-state index in [1.165, 1.54) is 6.20 Å². The average molecular weight is 1190 g/mol. The maximum absolute atomic E-state index is 12.0. The fourth-order valence-corrected chi connectivity index (χ4v) is 8.96. The van der Waals surface area contributed by atoms with Gasteiger partial charge >= 0.3 is 7.12 Å². The van der Waals surface area contributed by atoms with Crippen LogP contribution in [0.2, 0.25) is 5.15 Å². The van der Waals surface area contributed by atoms with Crippen LogP contribution < -0.4 is 32.6 Å². The molecule has 8 aromatic rings. The summed E-state index contributed by atoms with van der Waals surface area (Å²) in [6.45, 7) is 27.8. The molecule has 17 nitrogen and oxygen atoms in total. The predicted molar refractivity (Wildman–Crippen MR) is 318 cm³/mol. The maximum Gasteiger partial charge on any atom is 0.512 e. The van der Waals surface area contributed by atoms with Crippen LogP contribution in [0.5, 0.6) is 0 Å². The molecule has 8 N–H and O–H groups in total. The van der Waals surface area contributed by atoms with Gasteiger partial charge in [-0.05, 0) is 152 Å². The van der Waals surface area contributed by atoms with E-state index < -0.39 is 7.12 Å². The lowest BCUT2D eigenvalue weighted by atomic mass is 9.85. The van der Waals surface area contributed by atoms with Crippen molar-refractivity contribution >= 4 is 113 Å². The first-order chi connectivity index (χ1) is 35.9. The second-order valence-electron chi connectivity index (χ2n) is 23.0. The van der Waals surface area contributed by atoms with Crippen molar-refractivity contribution in [1.29, 1.82) is 0 Å². The Morgan fingerprint density at radius 3 is 1.64 bits per heavy atom. The number of carbonyl (C=O) groups excluding carboxylic acids is 2. The molecule has 5 aromatic heterocycles. The number of aromatic amines is 2. The summed E-state index contributed by atoms with van der Waals surface area (Å²) < 4.78 is 13.9. The van der Waals surface area contributed by atoms with E-state index in [1.54, 1.807) is 0 Å². The lowest BCUT2D eigenvalue weighted by molar-refractivity contribution is 0.00578. The fraction of sp³-hybridized carbons (Fsp3) is 0.393.